The minimum atomic E-state index is -1.99. The molecule has 2 aliphatic rings. The summed E-state index contributed by atoms with van der Waals surface area (Å²) in [6.45, 7) is 4.68. The molecule has 2 bridgehead atoms. The second-order valence-electron chi connectivity index (χ2n) is 5.92. The van der Waals surface area contributed by atoms with E-state index in [1.165, 1.54) is 27.2 Å². The van der Waals surface area contributed by atoms with Gasteiger partial charge in [0.1, 0.15) is 4.87 Å². The summed E-state index contributed by atoms with van der Waals surface area (Å²) < 4.78 is 15.9. The predicted octanol–water partition coefficient (Wildman–Crippen LogP) is 1.40. The molecule has 23 heavy (non-hydrogen) atoms. The molecule has 2 fully saturated rings. The van der Waals surface area contributed by atoms with E-state index in [0.29, 0.717) is 0 Å². The van der Waals surface area contributed by atoms with Crippen LogP contribution in [-0.2, 0) is 23.8 Å². The Hall–Kier alpha value is -0.660. The Balaban J connectivity index is 2.59. The van der Waals surface area contributed by atoms with Crippen molar-refractivity contribution in [3.8, 4) is 0 Å². The van der Waals surface area contributed by atoms with Gasteiger partial charge < -0.3 is 19.3 Å². The highest BCUT2D eigenvalue weighted by molar-refractivity contribution is 6.44. The third-order valence-corrected chi connectivity index (χ3v) is 6.40. The third-order valence-electron chi connectivity index (χ3n) is 4.95. The van der Waals surface area contributed by atoms with Crippen LogP contribution in [0.3, 0.4) is 0 Å². The van der Waals surface area contributed by atoms with Gasteiger partial charge in [-0.2, -0.15) is 0 Å². The van der Waals surface area contributed by atoms with Crippen LogP contribution >= 0.6 is 23.2 Å². The number of esters is 1. The van der Waals surface area contributed by atoms with E-state index in [1.54, 1.807) is 0 Å². The fourth-order valence-electron chi connectivity index (χ4n) is 3.99. The zero-order valence-corrected chi connectivity index (χ0v) is 14.7. The van der Waals surface area contributed by atoms with E-state index >= 15 is 0 Å². The van der Waals surface area contributed by atoms with Crippen LogP contribution in [0.2, 0.25) is 0 Å². The molecule has 1 N–H and O–H groups in total. The second kappa shape index (κ2) is 5.70. The largest absolute Gasteiger partial charge is 0.465 e. The van der Waals surface area contributed by atoms with Crippen LogP contribution in [0, 0.1) is 5.92 Å². The Morgan fingerprint density at radius 2 is 2.00 bits per heavy atom. The summed E-state index contributed by atoms with van der Waals surface area (Å²) >= 11 is 13.4. The van der Waals surface area contributed by atoms with Gasteiger partial charge in [-0.15, -0.1) is 29.8 Å². The Labute approximate surface area is 144 Å². The summed E-state index contributed by atoms with van der Waals surface area (Å²) in [6.07, 6.45) is 1.36. The molecular formula is C15H20Cl2O6. The van der Waals surface area contributed by atoms with Gasteiger partial charge in [-0.1, -0.05) is 6.08 Å². The summed E-state index contributed by atoms with van der Waals surface area (Å²) in [4.78, 5) is 20.6. The number of fused-ring (bicyclic) bond motifs is 2. The first-order valence-electron chi connectivity index (χ1n) is 7.11. The molecule has 130 valence electrons. The lowest BCUT2D eigenvalue weighted by molar-refractivity contribution is -0.232. The maximum atomic E-state index is 13.0. The first-order valence-corrected chi connectivity index (χ1v) is 7.86. The lowest BCUT2D eigenvalue weighted by atomic mass is 9.75. The number of aliphatic hydroxyl groups is 1. The molecule has 0 radical (unpaired) electrons. The molecule has 4 atom stereocenters. The minimum Gasteiger partial charge on any atom is -0.465 e. The molecule has 0 spiro atoms. The Bertz CT molecular complexity index is 548. The van der Waals surface area contributed by atoms with Gasteiger partial charge in [0.2, 0.25) is 5.79 Å². The van der Waals surface area contributed by atoms with Gasteiger partial charge in [0.05, 0.1) is 6.61 Å². The molecule has 0 aromatic heterocycles. The fourth-order valence-corrected chi connectivity index (χ4v) is 5.30. The number of hydrogen-bond acceptors (Lipinski definition) is 6. The Morgan fingerprint density at radius 3 is 2.43 bits per heavy atom. The van der Waals surface area contributed by atoms with Gasteiger partial charge in [-0.25, -0.2) is 0 Å². The molecular weight excluding hydrogens is 347 g/mol. The van der Waals surface area contributed by atoms with Crippen molar-refractivity contribution >= 4 is 35.0 Å². The number of carbonyl (C=O) groups excluding carboxylic acids is 2. The molecule has 2 aliphatic carbocycles. The standard InChI is InChI=1S/C15H20Cl2O6/c1-5-6-12(20)11(19)14(17)10(8-23-9(2)18)7-13(12,16)15(14,21-3)22-4/h5,10,20H,1,6-8H2,2-4H3/t10-,12-,13-,14+/m0/s1. The highest BCUT2D eigenvalue weighted by Crippen LogP contribution is 2.70. The van der Waals surface area contributed by atoms with Gasteiger partial charge in [-0.05, 0) is 6.42 Å². The molecule has 0 unspecified atom stereocenters. The van der Waals surface area contributed by atoms with E-state index in [-0.39, 0.29) is 19.4 Å². The first-order chi connectivity index (χ1) is 10.6. The Kier molecular flexibility index (Phi) is 4.63. The van der Waals surface area contributed by atoms with Crippen LogP contribution in [-0.4, -0.2) is 58.8 Å². The average Bonchev–Trinajstić information content (AvgIpc) is 2.75. The summed E-state index contributed by atoms with van der Waals surface area (Å²) in [5.74, 6) is -3.65. The number of ketones is 1. The van der Waals surface area contributed by atoms with E-state index < -0.39 is 38.8 Å². The summed E-state index contributed by atoms with van der Waals surface area (Å²) in [5, 5.41) is 11.0. The summed E-state index contributed by atoms with van der Waals surface area (Å²) in [7, 11) is 2.61. The van der Waals surface area contributed by atoms with E-state index in [4.69, 9.17) is 37.4 Å². The molecule has 0 saturated heterocycles. The smallest absolute Gasteiger partial charge is 0.302 e. The monoisotopic (exact) mass is 366 g/mol. The van der Waals surface area contributed by atoms with E-state index in [0.717, 1.165) is 0 Å². The molecule has 6 nitrogen and oxygen atoms in total. The van der Waals surface area contributed by atoms with Crippen LogP contribution in [0.15, 0.2) is 12.7 Å². The van der Waals surface area contributed by atoms with Gasteiger partial charge in [0.15, 0.2) is 16.3 Å². The van der Waals surface area contributed by atoms with Gasteiger partial charge in [0.25, 0.3) is 0 Å². The van der Waals surface area contributed by atoms with Gasteiger partial charge >= 0.3 is 5.97 Å². The molecule has 8 heteroatoms. The maximum absolute atomic E-state index is 13.0. The SMILES string of the molecule is C=CC[C@]1(O)C(=O)[C@]2(Cl)[C@H](COC(C)=O)C[C@@]1(Cl)C2(OC)OC. The van der Waals surface area contributed by atoms with Crippen LogP contribution in [0.1, 0.15) is 19.8 Å². The highest BCUT2D eigenvalue weighted by Gasteiger charge is 2.90. The topological polar surface area (TPSA) is 82.1 Å². The second-order valence-corrected chi connectivity index (χ2v) is 7.17. The molecule has 0 aromatic carbocycles. The number of alkyl halides is 2. The van der Waals surface area contributed by atoms with Crippen molar-refractivity contribution in [1.82, 2.24) is 0 Å². The molecule has 2 rings (SSSR count). The molecule has 0 aromatic rings. The first kappa shape index (κ1) is 18.7. The lowest BCUT2D eigenvalue weighted by Gasteiger charge is -2.42. The van der Waals surface area contributed by atoms with Crippen molar-refractivity contribution in [2.24, 2.45) is 5.92 Å². The lowest BCUT2D eigenvalue weighted by Crippen LogP contribution is -2.60. The quantitative estimate of drug-likeness (QED) is 0.331. The van der Waals surface area contributed by atoms with Gasteiger partial charge in [-0.3, -0.25) is 9.59 Å². The average molecular weight is 367 g/mol. The zero-order valence-electron chi connectivity index (χ0n) is 13.2. The number of rotatable bonds is 6. The van der Waals surface area contributed by atoms with Crippen LogP contribution < -0.4 is 0 Å². The number of ether oxygens (including phenoxy) is 3. The van der Waals surface area contributed by atoms with Crippen molar-refractivity contribution in [3.63, 3.8) is 0 Å². The number of carbonyl (C=O) groups is 2. The highest BCUT2D eigenvalue weighted by atomic mass is 35.5. The van der Waals surface area contributed by atoms with E-state index in [9.17, 15) is 14.7 Å². The molecule has 2 saturated carbocycles. The zero-order chi connectivity index (χ0) is 17.7. The predicted molar refractivity (Wildman–Crippen MR) is 83.4 cm³/mol. The van der Waals surface area contributed by atoms with Crippen molar-refractivity contribution in [2.75, 3.05) is 20.8 Å². The molecule has 0 aliphatic heterocycles. The Morgan fingerprint density at radius 1 is 1.43 bits per heavy atom. The molecule has 0 amide bonds. The fraction of sp³-hybridized carbons (Fsp3) is 0.733. The summed E-state index contributed by atoms with van der Waals surface area (Å²) in [5.41, 5.74) is -1.99. The maximum Gasteiger partial charge on any atom is 0.302 e. The van der Waals surface area contributed by atoms with Crippen molar-refractivity contribution in [1.29, 1.82) is 0 Å². The number of Topliss-reactive ketones (excluding diaryl/α,β-unsaturated/α-hetero) is 1. The normalized spacial score (nSPS) is 41.1. The number of methoxy groups -OCH3 is 2. The van der Waals surface area contributed by atoms with Crippen molar-refractivity contribution < 1.29 is 28.9 Å². The van der Waals surface area contributed by atoms with E-state index in [1.807, 2.05) is 0 Å². The minimum absolute atomic E-state index is 0.0725. The van der Waals surface area contributed by atoms with Crippen LogP contribution in [0.5, 0.6) is 0 Å². The number of halogens is 2. The van der Waals surface area contributed by atoms with E-state index in [2.05, 4.69) is 6.58 Å². The number of hydrogen-bond donors (Lipinski definition) is 1. The summed E-state index contributed by atoms with van der Waals surface area (Å²) in [6, 6.07) is 0. The van der Waals surface area contributed by atoms with Crippen LogP contribution in [0.4, 0.5) is 0 Å². The molecule has 0 heterocycles. The van der Waals surface area contributed by atoms with Crippen molar-refractivity contribution in [3.05, 3.63) is 12.7 Å². The van der Waals surface area contributed by atoms with Crippen LogP contribution in [0.25, 0.3) is 0 Å². The van der Waals surface area contributed by atoms with Gasteiger partial charge in [0, 0.05) is 33.5 Å². The third kappa shape index (κ3) is 1.93. The van der Waals surface area contributed by atoms with Crippen molar-refractivity contribution in [2.45, 2.75) is 40.9 Å².